The van der Waals surface area contributed by atoms with Crippen LogP contribution in [0.4, 0.5) is 0 Å². The first-order valence-electron chi connectivity index (χ1n) is 6.08. The Kier molecular flexibility index (Phi) is 4.54. The lowest BCUT2D eigenvalue weighted by Gasteiger charge is -2.21. The van der Waals surface area contributed by atoms with Crippen molar-refractivity contribution in [1.29, 1.82) is 0 Å². The Balaban J connectivity index is 2.14. The van der Waals surface area contributed by atoms with E-state index in [1.165, 1.54) is 0 Å². The van der Waals surface area contributed by atoms with Gasteiger partial charge in [-0.05, 0) is 30.5 Å². The zero-order valence-electron chi connectivity index (χ0n) is 10.2. The van der Waals surface area contributed by atoms with Crippen molar-refractivity contribution < 1.29 is 13.2 Å². The fourth-order valence-electron chi connectivity index (χ4n) is 2.28. The van der Waals surface area contributed by atoms with E-state index in [9.17, 15) is 13.2 Å². The molecule has 1 aromatic carbocycles. The second-order valence-electron chi connectivity index (χ2n) is 4.74. The summed E-state index contributed by atoms with van der Waals surface area (Å²) in [6, 6.07) is 4.92. The Hall–Kier alpha value is -0.580. The van der Waals surface area contributed by atoms with Gasteiger partial charge in [0.2, 0.25) is 0 Å². The van der Waals surface area contributed by atoms with Crippen LogP contribution in [0.2, 0.25) is 10.0 Å². The summed E-state index contributed by atoms with van der Waals surface area (Å²) in [5.74, 6) is -0.136. The Morgan fingerprint density at radius 2 is 1.95 bits per heavy atom. The number of hydrogen-bond acceptors (Lipinski definition) is 3. The van der Waals surface area contributed by atoms with Crippen LogP contribution in [0.25, 0.3) is 0 Å². The van der Waals surface area contributed by atoms with Crippen molar-refractivity contribution in [3.05, 3.63) is 33.8 Å². The van der Waals surface area contributed by atoms with Gasteiger partial charge in [-0.3, -0.25) is 4.79 Å². The summed E-state index contributed by atoms with van der Waals surface area (Å²) in [5.41, 5.74) is 0.695. The summed E-state index contributed by atoms with van der Waals surface area (Å²) in [5, 5.41) is -0.0580. The fourth-order valence-corrected chi connectivity index (χ4v) is 4.50. The van der Waals surface area contributed by atoms with E-state index in [0.717, 1.165) is 6.42 Å². The fraction of sp³-hybridized carbons (Fsp3) is 0.462. The highest BCUT2D eigenvalue weighted by atomic mass is 35.5. The topological polar surface area (TPSA) is 51.2 Å². The Labute approximate surface area is 122 Å². The van der Waals surface area contributed by atoms with Gasteiger partial charge in [0.05, 0.1) is 15.8 Å². The molecule has 6 heteroatoms. The van der Waals surface area contributed by atoms with Gasteiger partial charge in [-0.25, -0.2) is 8.42 Å². The van der Waals surface area contributed by atoms with Crippen LogP contribution >= 0.6 is 23.2 Å². The molecule has 0 aliphatic carbocycles. The first-order chi connectivity index (χ1) is 8.90. The summed E-state index contributed by atoms with van der Waals surface area (Å²) in [6.45, 7) is 0. The lowest BCUT2D eigenvalue weighted by molar-refractivity contribution is -0.118. The maximum atomic E-state index is 12.1. The van der Waals surface area contributed by atoms with Crippen LogP contribution in [0.1, 0.15) is 24.8 Å². The smallest absolute Gasteiger partial charge is 0.160 e. The maximum Gasteiger partial charge on any atom is 0.160 e. The molecule has 2 rings (SSSR count). The van der Waals surface area contributed by atoms with Crippen LogP contribution in [-0.2, 0) is 21.1 Å². The van der Waals surface area contributed by atoms with Gasteiger partial charge in [0, 0.05) is 6.42 Å². The molecule has 1 atom stereocenters. The Bertz CT molecular complexity index is 596. The molecule has 1 aromatic rings. The first-order valence-corrected chi connectivity index (χ1v) is 8.55. The van der Waals surface area contributed by atoms with Crippen LogP contribution in [0.3, 0.4) is 0 Å². The van der Waals surface area contributed by atoms with Crippen molar-refractivity contribution in [3.63, 3.8) is 0 Å². The van der Waals surface area contributed by atoms with Crippen LogP contribution in [0, 0.1) is 0 Å². The highest BCUT2D eigenvalue weighted by Crippen LogP contribution is 2.25. The van der Waals surface area contributed by atoms with Crippen LogP contribution < -0.4 is 0 Å². The normalized spacial score (nSPS) is 22.1. The molecule has 1 fully saturated rings. The van der Waals surface area contributed by atoms with Crippen molar-refractivity contribution in [2.24, 2.45) is 0 Å². The minimum Gasteiger partial charge on any atom is -0.298 e. The van der Waals surface area contributed by atoms with Gasteiger partial charge in [-0.1, -0.05) is 35.7 Å². The Morgan fingerprint density at radius 3 is 2.58 bits per heavy atom. The van der Waals surface area contributed by atoms with E-state index in [1.54, 1.807) is 18.2 Å². The van der Waals surface area contributed by atoms with E-state index in [0.29, 0.717) is 28.5 Å². The highest BCUT2D eigenvalue weighted by molar-refractivity contribution is 7.92. The van der Waals surface area contributed by atoms with Crippen molar-refractivity contribution in [1.82, 2.24) is 0 Å². The third kappa shape index (κ3) is 3.50. The van der Waals surface area contributed by atoms with E-state index in [2.05, 4.69) is 0 Å². The van der Waals surface area contributed by atoms with Crippen LogP contribution in [-0.4, -0.2) is 25.2 Å². The lowest BCUT2D eigenvalue weighted by atomic mass is 10.0. The standard InChI is InChI=1S/C13H14Cl2O3S/c14-10-5-4-9(7-11(10)15)8-12(16)13-3-1-2-6-19(13,17)18/h4-5,7,13H,1-3,6,8H2. The molecular formula is C13H14Cl2O3S. The quantitative estimate of drug-likeness (QED) is 0.860. The number of rotatable bonds is 3. The van der Waals surface area contributed by atoms with Gasteiger partial charge in [0.25, 0.3) is 0 Å². The van der Waals surface area contributed by atoms with Gasteiger partial charge < -0.3 is 0 Å². The third-order valence-corrected chi connectivity index (χ3v) is 6.26. The summed E-state index contributed by atoms with van der Waals surface area (Å²) >= 11 is 11.7. The number of ketones is 1. The molecule has 19 heavy (non-hydrogen) atoms. The van der Waals surface area contributed by atoms with Crippen LogP contribution in [0.5, 0.6) is 0 Å². The predicted molar refractivity (Wildman–Crippen MR) is 76.6 cm³/mol. The molecule has 1 unspecified atom stereocenters. The number of sulfone groups is 1. The second kappa shape index (κ2) is 5.81. The van der Waals surface area contributed by atoms with E-state index in [4.69, 9.17) is 23.2 Å². The molecule has 1 aliphatic heterocycles. The van der Waals surface area contributed by atoms with Gasteiger partial charge in [0.1, 0.15) is 5.25 Å². The molecular weight excluding hydrogens is 307 g/mol. The van der Waals surface area contributed by atoms with E-state index < -0.39 is 15.1 Å². The molecule has 1 heterocycles. The lowest BCUT2D eigenvalue weighted by Crippen LogP contribution is -2.36. The summed E-state index contributed by atoms with van der Waals surface area (Å²) in [6.07, 6.45) is 1.96. The van der Waals surface area contributed by atoms with Gasteiger partial charge in [-0.15, -0.1) is 0 Å². The van der Waals surface area contributed by atoms with Crippen molar-refractivity contribution in [2.45, 2.75) is 30.9 Å². The zero-order valence-corrected chi connectivity index (χ0v) is 12.6. The summed E-state index contributed by atoms with van der Waals surface area (Å²) < 4.78 is 23.7. The first kappa shape index (κ1) is 14.8. The summed E-state index contributed by atoms with van der Waals surface area (Å²) in [7, 11) is -3.27. The number of carbonyl (C=O) groups is 1. The molecule has 3 nitrogen and oxygen atoms in total. The molecule has 0 N–H and O–H groups in total. The van der Waals surface area contributed by atoms with Gasteiger partial charge in [-0.2, -0.15) is 0 Å². The molecule has 0 amide bonds. The second-order valence-corrected chi connectivity index (χ2v) is 7.86. The monoisotopic (exact) mass is 320 g/mol. The zero-order chi connectivity index (χ0) is 14.0. The summed E-state index contributed by atoms with van der Waals surface area (Å²) in [4.78, 5) is 12.1. The highest BCUT2D eigenvalue weighted by Gasteiger charge is 2.34. The predicted octanol–water partition coefficient (Wildman–Crippen LogP) is 3.07. The van der Waals surface area contributed by atoms with Crippen LogP contribution in [0.15, 0.2) is 18.2 Å². The van der Waals surface area contributed by atoms with E-state index in [1.807, 2.05) is 0 Å². The largest absolute Gasteiger partial charge is 0.298 e. The van der Waals surface area contributed by atoms with Crippen molar-refractivity contribution >= 4 is 38.8 Å². The minimum absolute atomic E-state index is 0.0841. The number of hydrogen-bond donors (Lipinski definition) is 0. The SMILES string of the molecule is O=C(Cc1ccc(Cl)c(Cl)c1)C1CCCCS1(=O)=O. The minimum atomic E-state index is -3.27. The number of halogens is 2. The maximum absolute atomic E-state index is 12.1. The molecule has 0 radical (unpaired) electrons. The molecule has 104 valence electrons. The molecule has 0 aromatic heterocycles. The van der Waals surface area contributed by atoms with Gasteiger partial charge >= 0.3 is 0 Å². The molecule has 0 spiro atoms. The molecule has 1 aliphatic rings. The average Bonchev–Trinajstić information content (AvgIpc) is 2.33. The Morgan fingerprint density at radius 1 is 1.21 bits per heavy atom. The number of carbonyl (C=O) groups excluding carboxylic acids is 1. The molecule has 0 saturated carbocycles. The van der Waals surface area contributed by atoms with E-state index >= 15 is 0 Å². The van der Waals surface area contributed by atoms with E-state index in [-0.39, 0.29) is 18.0 Å². The number of Topliss-reactive ketones (excluding diaryl/α,β-unsaturated/α-hetero) is 1. The van der Waals surface area contributed by atoms with Gasteiger partial charge in [0.15, 0.2) is 15.6 Å². The number of benzene rings is 1. The van der Waals surface area contributed by atoms with Crippen molar-refractivity contribution in [2.75, 3.05) is 5.75 Å². The average molecular weight is 321 g/mol. The van der Waals surface area contributed by atoms with Crippen molar-refractivity contribution in [3.8, 4) is 0 Å². The molecule has 1 saturated heterocycles. The third-order valence-electron chi connectivity index (χ3n) is 3.30. The molecule has 0 bridgehead atoms.